The van der Waals surface area contributed by atoms with Crippen molar-refractivity contribution in [1.29, 1.82) is 0 Å². The van der Waals surface area contributed by atoms with E-state index >= 15 is 0 Å². The molecule has 0 spiro atoms. The predicted octanol–water partition coefficient (Wildman–Crippen LogP) is 4.76. The Morgan fingerprint density at radius 1 is 1.04 bits per heavy atom. The fourth-order valence-electron chi connectivity index (χ4n) is 5.44. The van der Waals surface area contributed by atoms with Crippen LogP contribution in [0.4, 0.5) is 20.6 Å². The van der Waals surface area contributed by atoms with Gasteiger partial charge in [0.05, 0.1) is 36.0 Å². The number of hydrogen-bond acceptors (Lipinski definition) is 8. The van der Waals surface area contributed by atoms with Crippen LogP contribution in [0.2, 0.25) is 0 Å². The minimum atomic E-state index is -3.84. The Labute approximate surface area is 266 Å². The maximum absolute atomic E-state index is 14.6. The third-order valence-corrected chi connectivity index (χ3v) is 10.2. The molecular weight excluding hydrogens is 619 g/mol. The number of primary amides is 1. The van der Waals surface area contributed by atoms with Crippen LogP contribution in [0.25, 0.3) is 0 Å². The number of sulfone groups is 1. The first-order chi connectivity index (χ1) is 21.7. The minimum absolute atomic E-state index is 0.00926. The second-order valence-electron chi connectivity index (χ2n) is 11.1. The van der Waals surface area contributed by atoms with E-state index in [-0.39, 0.29) is 28.4 Å². The molecule has 0 unspecified atom stereocenters. The molecule has 1 aliphatic rings. The summed E-state index contributed by atoms with van der Waals surface area (Å²) in [7, 11) is 0.414. The van der Waals surface area contributed by atoms with Crippen molar-refractivity contribution >= 4 is 39.1 Å². The highest BCUT2D eigenvalue weighted by molar-refractivity contribution is 7.92. The number of ether oxygens (including phenoxy) is 2. The summed E-state index contributed by atoms with van der Waals surface area (Å²) in [5.74, 6) is -1.51. The van der Waals surface area contributed by atoms with E-state index in [2.05, 4.69) is 5.32 Å². The molecule has 1 fully saturated rings. The fraction of sp³-hybridized carbons (Fsp3) is 0.344. The topological polar surface area (TPSA) is 169 Å². The van der Waals surface area contributed by atoms with Gasteiger partial charge >= 0.3 is 6.09 Å². The zero-order chi connectivity index (χ0) is 33.9. The lowest BCUT2D eigenvalue weighted by Crippen LogP contribution is -2.38. The molecule has 46 heavy (non-hydrogen) atoms. The van der Waals surface area contributed by atoms with Crippen LogP contribution in [0, 0.1) is 5.82 Å². The lowest BCUT2D eigenvalue weighted by atomic mass is 10.00. The number of anilines is 2. The second kappa shape index (κ2) is 13.6. The Bertz CT molecular complexity index is 1760. The van der Waals surface area contributed by atoms with Crippen LogP contribution in [0.1, 0.15) is 60.3 Å². The number of amides is 3. The Kier molecular flexibility index (Phi) is 10.1. The molecule has 3 aromatic carbocycles. The fourth-order valence-corrected chi connectivity index (χ4v) is 6.73. The van der Waals surface area contributed by atoms with Gasteiger partial charge in [0.15, 0.2) is 21.3 Å². The van der Waals surface area contributed by atoms with Crippen molar-refractivity contribution in [2.45, 2.75) is 48.9 Å². The van der Waals surface area contributed by atoms with E-state index in [9.17, 15) is 32.3 Å². The number of halogens is 1. The predicted molar refractivity (Wildman–Crippen MR) is 170 cm³/mol. The number of carbonyl (C=O) groups excluding carboxylic acids is 2. The van der Waals surface area contributed by atoms with Gasteiger partial charge in [0.2, 0.25) is 5.91 Å². The van der Waals surface area contributed by atoms with Crippen molar-refractivity contribution in [2.75, 3.05) is 38.0 Å². The molecule has 12 nitrogen and oxygen atoms in total. The smallest absolute Gasteiger partial charge is 0.411 e. The number of carbonyl (C=O) groups is 3. The number of rotatable bonds is 11. The number of nitrogens with one attached hydrogen (secondary N) is 1. The average Bonchev–Trinajstić information content (AvgIpc) is 3.52. The van der Waals surface area contributed by atoms with E-state index < -0.39 is 50.9 Å². The van der Waals surface area contributed by atoms with Gasteiger partial charge in [-0.3, -0.25) is 14.5 Å². The van der Waals surface area contributed by atoms with Crippen molar-refractivity contribution in [3.8, 4) is 11.5 Å². The molecular formula is C32H37FN4O8S. The average molecular weight is 657 g/mol. The van der Waals surface area contributed by atoms with E-state index in [0.29, 0.717) is 35.5 Å². The molecule has 1 heterocycles. The molecule has 1 saturated heterocycles. The van der Waals surface area contributed by atoms with Crippen molar-refractivity contribution in [3.63, 3.8) is 0 Å². The van der Waals surface area contributed by atoms with Gasteiger partial charge in [-0.1, -0.05) is 6.07 Å². The number of carboxylic acid groups (broad SMARTS) is 1. The molecule has 1 aliphatic heterocycles. The highest BCUT2D eigenvalue weighted by Crippen LogP contribution is 2.41. The van der Waals surface area contributed by atoms with Crippen molar-refractivity contribution < 1.29 is 41.8 Å². The van der Waals surface area contributed by atoms with Gasteiger partial charge in [-0.15, -0.1) is 0 Å². The van der Waals surface area contributed by atoms with Gasteiger partial charge in [0, 0.05) is 25.0 Å². The molecule has 0 radical (unpaired) electrons. The lowest BCUT2D eigenvalue weighted by Gasteiger charge is -2.32. The van der Waals surface area contributed by atoms with Gasteiger partial charge in [-0.2, -0.15) is 0 Å². The number of nitrogens with zero attached hydrogens (tertiary/aromatic N) is 2. The third kappa shape index (κ3) is 6.71. The first-order valence-corrected chi connectivity index (χ1v) is 16.0. The molecule has 0 aromatic heterocycles. The number of likely N-dealkylation sites (tertiary alicyclic amines) is 1. The molecule has 4 rings (SSSR count). The minimum Gasteiger partial charge on any atom is -0.493 e. The Hall–Kier alpha value is -4.85. The summed E-state index contributed by atoms with van der Waals surface area (Å²) in [5.41, 5.74) is 6.19. The summed E-state index contributed by atoms with van der Waals surface area (Å²) in [6.45, 7) is 3.37. The Balaban J connectivity index is 1.86. The molecule has 246 valence electrons. The van der Waals surface area contributed by atoms with Crippen LogP contribution in [0.3, 0.4) is 0 Å². The zero-order valence-electron chi connectivity index (χ0n) is 26.1. The van der Waals surface area contributed by atoms with Gasteiger partial charge in [0.25, 0.3) is 5.91 Å². The molecule has 14 heteroatoms. The third-order valence-electron chi connectivity index (χ3n) is 8.02. The van der Waals surface area contributed by atoms with E-state index in [4.69, 9.17) is 15.2 Å². The van der Waals surface area contributed by atoms with E-state index in [1.54, 1.807) is 36.9 Å². The monoisotopic (exact) mass is 656 g/mol. The summed E-state index contributed by atoms with van der Waals surface area (Å²) in [6, 6.07) is 11.0. The van der Waals surface area contributed by atoms with Gasteiger partial charge in [-0.25, -0.2) is 17.6 Å². The van der Waals surface area contributed by atoms with Gasteiger partial charge in [0.1, 0.15) is 11.9 Å². The summed E-state index contributed by atoms with van der Waals surface area (Å²) in [6.07, 6.45) is -0.289. The molecule has 3 aromatic rings. The van der Waals surface area contributed by atoms with E-state index in [1.165, 1.54) is 51.6 Å². The molecule has 3 amide bonds. The van der Waals surface area contributed by atoms with Crippen LogP contribution in [0.15, 0.2) is 59.5 Å². The van der Waals surface area contributed by atoms with Gasteiger partial charge < -0.3 is 30.5 Å². The number of methoxy groups -OCH3 is 2. The summed E-state index contributed by atoms with van der Waals surface area (Å²) in [5, 5.41) is 11.9. The molecule has 4 N–H and O–H groups in total. The van der Waals surface area contributed by atoms with Crippen molar-refractivity contribution in [2.24, 2.45) is 5.73 Å². The zero-order valence-corrected chi connectivity index (χ0v) is 26.9. The summed E-state index contributed by atoms with van der Waals surface area (Å²) >= 11 is 0. The Morgan fingerprint density at radius 3 is 2.35 bits per heavy atom. The van der Waals surface area contributed by atoms with Crippen LogP contribution >= 0.6 is 0 Å². The van der Waals surface area contributed by atoms with E-state index in [1.807, 2.05) is 0 Å². The van der Waals surface area contributed by atoms with Crippen LogP contribution in [-0.2, 0) is 14.6 Å². The number of benzene rings is 3. The first-order valence-electron chi connectivity index (χ1n) is 14.4. The highest BCUT2D eigenvalue weighted by atomic mass is 32.2. The van der Waals surface area contributed by atoms with Crippen LogP contribution < -0.4 is 25.4 Å². The largest absolute Gasteiger partial charge is 0.493 e. The molecule has 0 aliphatic carbocycles. The van der Waals surface area contributed by atoms with E-state index in [0.717, 1.165) is 11.0 Å². The normalized spacial score (nSPS) is 15.4. The van der Waals surface area contributed by atoms with Crippen molar-refractivity contribution in [1.82, 2.24) is 4.90 Å². The quantitative estimate of drug-likeness (QED) is 0.264. The number of hydrogen-bond donors (Lipinski definition) is 3. The van der Waals surface area contributed by atoms with Crippen LogP contribution in [0.5, 0.6) is 11.5 Å². The number of nitrogens with two attached hydrogens (primary N) is 1. The first kappa shape index (κ1) is 34.0. The lowest BCUT2D eigenvalue weighted by molar-refractivity contribution is -0.133. The van der Waals surface area contributed by atoms with Gasteiger partial charge in [-0.05, 0) is 86.3 Å². The maximum Gasteiger partial charge on any atom is 0.411 e. The SMILES string of the molecule is COc1ccc([C@@H](Nc2ccc(F)c(C(N)=O)c2)C(=O)N2CCC[C@@H]2c2cc(N(C)C(=O)O)ccc2S(=O)(=O)C(C)C)cc1OC. The summed E-state index contributed by atoms with van der Waals surface area (Å²) in [4.78, 5) is 40.7. The standard InChI is InChI=1S/C32H37FN4O8S/c1-18(2)46(42,43)28-13-10-21(36(3)32(40)41)17-23(28)25-7-6-14-37(25)31(39)29(19-8-12-26(44-4)27(15-19)45-5)35-20-9-11-24(33)22(16-20)30(34)38/h8-13,15-18,25,29,35H,6-7,14H2,1-5H3,(H2,34,38)(H,40,41)/t25-,29-/m1/s1. The van der Waals surface area contributed by atoms with Crippen LogP contribution in [-0.4, -0.2) is 69.4 Å². The molecule has 0 bridgehead atoms. The Morgan fingerprint density at radius 2 is 1.74 bits per heavy atom. The molecule has 2 atom stereocenters. The second-order valence-corrected chi connectivity index (χ2v) is 13.6. The summed E-state index contributed by atoms with van der Waals surface area (Å²) < 4.78 is 52.1. The maximum atomic E-state index is 14.6. The molecule has 0 saturated carbocycles. The highest BCUT2D eigenvalue weighted by Gasteiger charge is 2.38. The van der Waals surface area contributed by atoms with Crippen molar-refractivity contribution in [3.05, 3.63) is 77.1 Å².